The first kappa shape index (κ1) is 12.3. The van der Waals surface area contributed by atoms with Gasteiger partial charge >= 0.3 is 0 Å². The average Bonchev–Trinajstić information content (AvgIpc) is 2.37. The first-order chi connectivity index (χ1) is 7.95. The summed E-state index contributed by atoms with van der Waals surface area (Å²) in [4.78, 5) is 0. The fourth-order valence-corrected chi connectivity index (χ4v) is 2.72. The molecule has 3 nitrogen and oxygen atoms in total. The van der Waals surface area contributed by atoms with Crippen molar-refractivity contribution in [2.75, 3.05) is 39.4 Å². The van der Waals surface area contributed by atoms with E-state index < -0.39 is 0 Å². The van der Waals surface area contributed by atoms with Gasteiger partial charge in [-0.2, -0.15) is 0 Å². The molecule has 2 aliphatic rings. The highest BCUT2D eigenvalue weighted by atomic mass is 16.5. The number of rotatable bonds is 5. The second kappa shape index (κ2) is 7.25. The van der Waals surface area contributed by atoms with Gasteiger partial charge in [-0.15, -0.1) is 0 Å². The molecule has 2 rings (SSSR count). The smallest absolute Gasteiger partial charge is 0.0495 e. The van der Waals surface area contributed by atoms with Crippen LogP contribution in [0.5, 0.6) is 0 Å². The fraction of sp³-hybridized carbons (Fsp3) is 1.00. The lowest BCUT2D eigenvalue weighted by molar-refractivity contribution is 0.0753. The van der Waals surface area contributed by atoms with Gasteiger partial charge in [0, 0.05) is 13.2 Å². The van der Waals surface area contributed by atoms with E-state index in [4.69, 9.17) is 4.74 Å². The highest BCUT2D eigenvalue weighted by Gasteiger charge is 2.15. The Morgan fingerprint density at radius 2 is 1.38 bits per heavy atom. The monoisotopic (exact) mass is 226 g/mol. The van der Waals surface area contributed by atoms with Gasteiger partial charge < -0.3 is 15.4 Å². The zero-order chi connectivity index (χ0) is 11.1. The van der Waals surface area contributed by atoms with Crippen LogP contribution in [0.2, 0.25) is 0 Å². The van der Waals surface area contributed by atoms with Crippen LogP contribution >= 0.6 is 0 Å². The van der Waals surface area contributed by atoms with Gasteiger partial charge in [0.2, 0.25) is 0 Å². The number of piperidine rings is 2. The average molecular weight is 226 g/mol. The van der Waals surface area contributed by atoms with E-state index >= 15 is 0 Å². The maximum Gasteiger partial charge on any atom is 0.0495 e. The lowest BCUT2D eigenvalue weighted by Gasteiger charge is -2.24. The third kappa shape index (κ3) is 4.40. The Bertz CT molecular complexity index is 155. The van der Waals surface area contributed by atoms with Crippen LogP contribution in [0, 0.1) is 11.8 Å². The molecule has 2 fully saturated rings. The van der Waals surface area contributed by atoms with Crippen LogP contribution < -0.4 is 10.6 Å². The largest absolute Gasteiger partial charge is 0.381 e. The molecule has 0 aromatic carbocycles. The minimum Gasteiger partial charge on any atom is -0.381 e. The van der Waals surface area contributed by atoms with Crippen molar-refractivity contribution in [1.29, 1.82) is 0 Å². The summed E-state index contributed by atoms with van der Waals surface area (Å²) in [6.07, 6.45) is 6.56. The van der Waals surface area contributed by atoms with Crippen molar-refractivity contribution in [2.45, 2.75) is 32.1 Å². The second-order valence-electron chi connectivity index (χ2n) is 5.25. The van der Waals surface area contributed by atoms with Crippen LogP contribution in [-0.2, 0) is 4.74 Å². The fourth-order valence-electron chi connectivity index (χ4n) is 2.72. The zero-order valence-electron chi connectivity index (χ0n) is 10.3. The topological polar surface area (TPSA) is 33.3 Å². The Morgan fingerprint density at radius 3 is 2.00 bits per heavy atom. The predicted molar refractivity (Wildman–Crippen MR) is 66.6 cm³/mol. The van der Waals surface area contributed by atoms with Crippen LogP contribution in [0.15, 0.2) is 0 Å². The van der Waals surface area contributed by atoms with Crippen molar-refractivity contribution in [1.82, 2.24) is 10.6 Å². The van der Waals surface area contributed by atoms with E-state index in [1.165, 1.54) is 58.3 Å². The van der Waals surface area contributed by atoms with Gasteiger partial charge in [-0.05, 0) is 70.1 Å². The van der Waals surface area contributed by atoms with Gasteiger partial charge in [0.25, 0.3) is 0 Å². The summed E-state index contributed by atoms with van der Waals surface area (Å²) in [7, 11) is 0. The van der Waals surface area contributed by atoms with Crippen molar-refractivity contribution in [3.05, 3.63) is 0 Å². The molecule has 0 aromatic heterocycles. The molecule has 0 amide bonds. The van der Waals surface area contributed by atoms with E-state index in [2.05, 4.69) is 10.6 Å². The number of ether oxygens (including phenoxy) is 1. The molecule has 0 aromatic rings. The van der Waals surface area contributed by atoms with E-state index in [1.54, 1.807) is 0 Å². The maximum atomic E-state index is 5.83. The van der Waals surface area contributed by atoms with Crippen LogP contribution in [0.3, 0.4) is 0 Å². The molecule has 16 heavy (non-hydrogen) atoms. The van der Waals surface area contributed by atoms with Gasteiger partial charge in [-0.1, -0.05) is 0 Å². The molecule has 3 heteroatoms. The second-order valence-corrected chi connectivity index (χ2v) is 5.25. The molecular weight excluding hydrogens is 200 g/mol. The minimum absolute atomic E-state index is 0.814. The van der Waals surface area contributed by atoms with E-state index in [1.807, 2.05) is 0 Å². The van der Waals surface area contributed by atoms with Crippen LogP contribution in [-0.4, -0.2) is 39.4 Å². The standard InChI is InChI=1S/C13H26N2O/c1-6-14-7-2-12(1)5-10-16-11-13-3-8-15-9-4-13/h12-15H,1-11H2. The highest BCUT2D eigenvalue weighted by Crippen LogP contribution is 2.17. The van der Waals surface area contributed by atoms with Crippen molar-refractivity contribution in [3.8, 4) is 0 Å². The minimum atomic E-state index is 0.814. The molecule has 0 unspecified atom stereocenters. The maximum absolute atomic E-state index is 5.83. The van der Waals surface area contributed by atoms with E-state index in [0.29, 0.717) is 0 Å². The summed E-state index contributed by atoms with van der Waals surface area (Å²) in [5, 5.41) is 6.80. The van der Waals surface area contributed by atoms with Crippen molar-refractivity contribution in [3.63, 3.8) is 0 Å². The molecule has 0 bridgehead atoms. The molecule has 2 N–H and O–H groups in total. The van der Waals surface area contributed by atoms with Crippen molar-refractivity contribution >= 4 is 0 Å². The van der Waals surface area contributed by atoms with Gasteiger partial charge in [0.15, 0.2) is 0 Å². The molecule has 2 saturated heterocycles. The van der Waals surface area contributed by atoms with Crippen molar-refractivity contribution < 1.29 is 4.74 Å². The first-order valence-corrected chi connectivity index (χ1v) is 6.94. The molecule has 2 aliphatic heterocycles. The predicted octanol–water partition coefficient (Wildman–Crippen LogP) is 1.39. The normalized spacial score (nSPS) is 24.8. The molecular formula is C13H26N2O. The third-order valence-electron chi connectivity index (χ3n) is 3.94. The highest BCUT2D eigenvalue weighted by molar-refractivity contribution is 4.69. The van der Waals surface area contributed by atoms with Gasteiger partial charge in [-0.3, -0.25) is 0 Å². The SMILES string of the molecule is C1CC(CCOCC2CCNCC2)CCN1. The summed E-state index contributed by atoms with van der Waals surface area (Å²) in [6.45, 7) is 6.75. The molecule has 0 radical (unpaired) electrons. The van der Waals surface area contributed by atoms with Gasteiger partial charge in [0.1, 0.15) is 0 Å². The van der Waals surface area contributed by atoms with Crippen LogP contribution in [0.1, 0.15) is 32.1 Å². The Hall–Kier alpha value is -0.120. The van der Waals surface area contributed by atoms with E-state index in [-0.39, 0.29) is 0 Å². The molecule has 0 spiro atoms. The van der Waals surface area contributed by atoms with E-state index in [9.17, 15) is 0 Å². The summed E-state index contributed by atoms with van der Waals surface area (Å²) in [5.41, 5.74) is 0. The van der Waals surface area contributed by atoms with Crippen LogP contribution in [0.4, 0.5) is 0 Å². The summed E-state index contributed by atoms with van der Waals surface area (Å²) in [5.74, 6) is 1.73. The summed E-state index contributed by atoms with van der Waals surface area (Å²) >= 11 is 0. The van der Waals surface area contributed by atoms with Crippen LogP contribution in [0.25, 0.3) is 0 Å². The van der Waals surface area contributed by atoms with Crippen molar-refractivity contribution in [2.24, 2.45) is 11.8 Å². The quantitative estimate of drug-likeness (QED) is 0.695. The first-order valence-electron chi connectivity index (χ1n) is 6.94. The molecule has 0 atom stereocenters. The molecule has 0 saturated carbocycles. The molecule has 0 aliphatic carbocycles. The summed E-state index contributed by atoms with van der Waals surface area (Å²) in [6, 6.07) is 0. The Balaban J connectivity index is 1.47. The molecule has 2 heterocycles. The molecule has 94 valence electrons. The van der Waals surface area contributed by atoms with E-state index in [0.717, 1.165) is 25.0 Å². The Morgan fingerprint density at radius 1 is 0.812 bits per heavy atom. The lowest BCUT2D eigenvalue weighted by atomic mass is 9.95. The zero-order valence-corrected chi connectivity index (χ0v) is 10.3. The number of hydrogen-bond donors (Lipinski definition) is 2. The number of nitrogens with one attached hydrogen (secondary N) is 2. The van der Waals surface area contributed by atoms with Gasteiger partial charge in [0.05, 0.1) is 0 Å². The Kier molecular flexibility index (Phi) is 5.59. The Labute approximate surface area is 99.3 Å². The summed E-state index contributed by atoms with van der Waals surface area (Å²) < 4.78 is 5.83. The van der Waals surface area contributed by atoms with Gasteiger partial charge in [-0.25, -0.2) is 0 Å². The lowest BCUT2D eigenvalue weighted by Crippen LogP contribution is -2.30. The number of hydrogen-bond acceptors (Lipinski definition) is 3. The third-order valence-corrected chi connectivity index (χ3v) is 3.94.